The molecule has 1 aromatic heterocycles. The third kappa shape index (κ3) is 3.73. The van der Waals surface area contributed by atoms with Crippen LogP contribution in [0, 0.1) is 6.92 Å². The Bertz CT molecular complexity index is 455. The Hall–Kier alpha value is -1.17. The molecule has 1 saturated heterocycles. The summed E-state index contributed by atoms with van der Waals surface area (Å²) >= 11 is 0. The van der Waals surface area contributed by atoms with E-state index in [1.165, 1.54) is 11.1 Å². The Kier molecular flexibility index (Phi) is 5.56. The third-order valence-electron chi connectivity index (χ3n) is 4.25. The van der Waals surface area contributed by atoms with Gasteiger partial charge in [-0.3, -0.25) is 0 Å². The van der Waals surface area contributed by atoms with Crippen molar-refractivity contribution in [1.29, 1.82) is 0 Å². The molecule has 2 rings (SSSR count). The van der Waals surface area contributed by atoms with Gasteiger partial charge in [0.2, 0.25) is 0 Å². The largest absolute Gasteiger partial charge is 0.377 e. The minimum atomic E-state index is 0.101. The topological polar surface area (TPSA) is 60.6 Å². The highest BCUT2D eigenvalue weighted by Crippen LogP contribution is 2.25. The Morgan fingerprint density at radius 2 is 1.95 bits per heavy atom. The fraction of sp³-hybridized carbons (Fsp3) is 0.688. The van der Waals surface area contributed by atoms with Crippen molar-refractivity contribution in [2.24, 2.45) is 5.73 Å². The Balaban J connectivity index is 2.11. The summed E-state index contributed by atoms with van der Waals surface area (Å²) in [4.78, 5) is 6.88. The van der Waals surface area contributed by atoms with Crippen LogP contribution in [0.2, 0.25) is 0 Å². The Labute approximate surface area is 127 Å². The first kappa shape index (κ1) is 16.2. The standard InChI is InChI=1S/C16H27N3O2/c1-5-13(17)7-12-6-11(2)16(18-8-12)19-9-14(20-3)15(10-19)21-4/h6,8,13-15H,5,7,9-10,17H2,1-4H3. The van der Waals surface area contributed by atoms with E-state index < -0.39 is 0 Å². The van der Waals surface area contributed by atoms with Crippen LogP contribution < -0.4 is 10.6 Å². The van der Waals surface area contributed by atoms with Gasteiger partial charge in [0.05, 0.1) is 0 Å². The lowest BCUT2D eigenvalue weighted by atomic mass is 10.0. The number of ether oxygens (including phenoxy) is 2. The third-order valence-corrected chi connectivity index (χ3v) is 4.25. The van der Waals surface area contributed by atoms with Crippen LogP contribution in [0.15, 0.2) is 12.3 Å². The zero-order valence-corrected chi connectivity index (χ0v) is 13.5. The van der Waals surface area contributed by atoms with Gasteiger partial charge in [-0.15, -0.1) is 0 Å². The summed E-state index contributed by atoms with van der Waals surface area (Å²) in [5.74, 6) is 1.02. The number of methoxy groups -OCH3 is 2. The highest BCUT2D eigenvalue weighted by molar-refractivity contribution is 5.49. The number of nitrogens with zero attached hydrogens (tertiary/aromatic N) is 2. The first-order chi connectivity index (χ1) is 10.1. The van der Waals surface area contributed by atoms with Crippen LogP contribution in [0.1, 0.15) is 24.5 Å². The van der Waals surface area contributed by atoms with Crippen LogP contribution in [0.5, 0.6) is 0 Å². The molecule has 1 aliphatic rings. The average molecular weight is 293 g/mol. The minimum absolute atomic E-state index is 0.101. The van der Waals surface area contributed by atoms with Crippen LogP contribution in [-0.4, -0.2) is 50.5 Å². The van der Waals surface area contributed by atoms with Crippen molar-refractivity contribution >= 4 is 5.82 Å². The molecule has 3 atom stereocenters. The van der Waals surface area contributed by atoms with Crippen LogP contribution in [0.3, 0.4) is 0 Å². The number of aryl methyl sites for hydroxylation is 1. The van der Waals surface area contributed by atoms with Crippen LogP contribution in [0.25, 0.3) is 0 Å². The van der Waals surface area contributed by atoms with Gasteiger partial charge in [-0.05, 0) is 30.9 Å². The molecule has 118 valence electrons. The molecular weight excluding hydrogens is 266 g/mol. The van der Waals surface area contributed by atoms with E-state index in [-0.39, 0.29) is 18.2 Å². The van der Waals surface area contributed by atoms with Gasteiger partial charge in [0.15, 0.2) is 0 Å². The molecule has 0 bridgehead atoms. The maximum atomic E-state index is 6.02. The fourth-order valence-corrected chi connectivity index (χ4v) is 2.89. The molecule has 2 N–H and O–H groups in total. The van der Waals surface area contributed by atoms with Gasteiger partial charge >= 0.3 is 0 Å². The lowest BCUT2D eigenvalue weighted by molar-refractivity contribution is -0.00461. The van der Waals surface area contributed by atoms with Gasteiger partial charge < -0.3 is 20.1 Å². The van der Waals surface area contributed by atoms with Crippen LogP contribution >= 0.6 is 0 Å². The summed E-state index contributed by atoms with van der Waals surface area (Å²) in [7, 11) is 3.46. The first-order valence-corrected chi connectivity index (χ1v) is 7.60. The van der Waals surface area contributed by atoms with E-state index in [0.29, 0.717) is 0 Å². The lowest BCUT2D eigenvalue weighted by Gasteiger charge is -2.20. The van der Waals surface area contributed by atoms with Gasteiger partial charge in [-0.1, -0.05) is 13.0 Å². The predicted octanol–water partition coefficient (Wildman–Crippen LogP) is 1.52. The van der Waals surface area contributed by atoms with Crippen molar-refractivity contribution < 1.29 is 9.47 Å². The zero-order valence-electron chi connectivity index (χ0n) is 13.5. The molecule has 0 saturated carbocycles. The van der Waals surface area contributed by atoms with Crippen molar-refractivity contribution in [3.05, 3.63) is 23.4 Å². The van der Waals surface area contributed by atoms with E-state index in [4.69, 9.17) is 15.2 Å². The molecule has 2 heterocycles. The van der Waals surface area contributed by atoms with E-state index in [1.807, 2.05) is 6.20 Å². The van der Waals surface area contributed by atoms with Gasteiger partial charge in [-0.25, -0.2) is 4.98 Å². The molecule has 5 heteroatoms. The summed E-state index contributed by atoms with van der Waals surface area (Å²) in [5.41, 5.74) is 8.40. The number of hydrogen-bond acceptors (Lipinski definition) is 5. The van der Waals surface area contributed by atoms with Gasteiger partial charge in [0.25, 0.3) is 0 Å². The second-order valence-electron chi connectivity index (χ2n) is 5.81. The van der Waals surface area contributed by atoms with E-state index in [9.17, 15) is 0 Å². The summed E-state index contributed by atoms with van der Waals surface area (Å²) in [5, 5.41) is 0. The van der Waals surface area contributed by atoms with Gasteiger partial charge in [0, 0.05) is 39.5 Å². The highest BCUT2D eigenvalue weighted by Gasteiger charge is 2.34. The van der Waals surface area contributed by atoms with Gasteiger partial charge in [0.1, 0.15) is 18.0 Å². The second kappa shape index (κ2) is 7.20. The van der Waals surface area contributed by atoms with Crippen LogP contribution in [-0.2, 0) is 15.9 Å². The lowest BCUT2D eigenvalue weighted by Crippen LogP contribution is -2.27. The van der Waals surface area contributed by atoms with Crippen molar-refractivity contribution in [1.82, 2.24) is 4.98 Å². The molecule has 0 aromatic carbocycles. The molecule has 0 amide bonds. The van der Waals surface area contributed by atoms with Crippen molar-refractivity contribution in [2.75, 3.05) is 32.2 Å². The van der Waals surface area contributed by atoms with E-state index in [1.54, 1.807) is 14.2 Å². The van der Waals surface area contributed by atoms with E-state index in [0.717, 1.165) is 31.7 Å². The minimum Gasteiger partial charge on any atom is -0.377 e. The molecule has 3 unspecified atom stereocenters. The van der Waals surface area contributed by atoms with Crippen molar-refractivity contribution in [3.8, 4) is 0 Å². The molecule has 5 nitrogen and oxygen atoms in total. The quantitative estimate of drug-likeness (QED) is 0.861. The van der Waals surface area contributed by atoms with Crippen LogP contribution in [0.4, 0.5) is 5.82 Å². The number of pyridine rings is 1. The maximum absolute atomic E-state index is 6.02. The Morgan fingerprint density at radius 1 is 1.33 bits per heavy atom. The molecule has 21 heavy (non-hydrogen) atoms. The SMILES string of the molecule is CCC(N)Cc1cnc(N2CC(OC)C(OC)C2)c(C)c1. The van der Waals surface area contributed by atoms with E-state index in [2.05, 4.69) is 29.8 Å². The molecule has 0 spiro atoms. The second-order valence-corrected chi connectivity index (χ2v) is 5.81. The smallest absolute Gasteiger partial charge is 0.131 e. The molecule has 0 aliphatic carbocycles. The Morgan fingerprint density at radius 3 is 2.43 bits per heavy atom. The molecule has 1 fully saturated rings. The summed E-state index contributed by atoms with van der Waals surface area (Å²) in [6, 6.07) is 2.40. The maximum Gasteiger partial charge on any atom is 0.131 e. The number of rotatable bonds is 6. The summed E-state index contributed by atoms with van der Waals surface area (Å²) < 4.78 is 11.0. The monoisotopic (exact) mass is 293 g/mol. The molecular formula is C16H27N3O2. The predicted molar refractivity (Wildman–Crippen MR) is 84.8 cm³/mol. The number of anilines is 1. The van der Waals surface area contributed by atoms with E-state index >= 15 is 0 Å². The summed E-state index contributed by atoms with van der Waals surface area (Å²) in [6.45, 7) is 5.85. The fourth-order valence-electron chi connectivity index (χ4n) is 2.89. The molecule has 1 aromatic rings. The normalized spacial score (nSPS) is 23.6. The number of hydrogen-bond donors (Lipinski definition) is 1. The van der Waals surface area contributed by atoms with Crippen molar-refractivity contribution in [3.63, 3.8) is 0 Å². The number of aromatic nitrogens is 1. The zero-order chi connectivity index (χ0) is 15.4. The summed E-state index contributed by atoms with van der Waals surface area (Å²) in [6.07, 6.45) is 4.01. The highest BCUT2D eigenvalue weighted by atomic mass is 16.5. The average Bonchev–Trinajstić information content (AvgIpc) is 2.90. The van der Waals surface area contributed by atoms with Crippen molar-refractivity contribution in [2.45, 2.75) is 44.9 Å². The molecule has 0 radical (unpaired) electrons. The molecule has 1 aliphatic heterocycles. The van der Waals surface area contributed by atoms with Gasteiger partial charge in [-0.2, -0.15) is 0 Å². The number of nitrogens with two attached hydrogens (primary N) is 1. The first-order valence-electron chi connectivity index (χ1n) is 7.60.